The molecule has 0 spiro atoms. The number of halogens is 1. The van der Waals surface area contributed by atoms with E-state index < -0.39 is 23.9 Å². The van der Waals surface area contributed by atoms with Crippen molar-refractivity contribution >= 4 is 5.91 Å². The molecule has 6 nitrogen and oxygen atoms in total. The summed E-state index contributed by atoms with van der Waals surface area (Å²) in [5, 5.41) is 12.5. The first-order chi connectivity index (χ1) is 13.1. The lowest BCUT2D eigenvalue weighted by Gasteiger charge is -2.28. The minimum Gasteiger partial charge on any atom is -0.457 e. The summed E-state index contributed by atoms with van der Waals surface area (Å²) in [6.45, 7) is 1.20. The molecule has 1 fully saturated rings. The highest BCUT2D eigenvalue weighted by atomic mass is 19.1. The molecule has 144 valence electrons. The molecule has 2 atom stereocenters. The third-order valence-electron chi connectivity index (χ3n) is 4.41. The lowest BCUT2D eigenvalue weighted by molar-refractivity contribution is -0.0140. The Morgan fingerprint density at radius 1 is 1.26 bits per heavy atom. The zero-order valence-corrected chi connectivity index (χ0v) is 14.9. The van der Waals surface area contributed by atoms with Crippen molar-refractivity contribution in [3.05, 3.63) is 59.4 Å². The number of hydrogen-bond acceptors (Lipinski definition) is 5. The molecule has 1 amide bonds. The van der Waals surface area contributed by atoms with Crippen molar-refractivity contribution in [1.82, 2.24) is 5.32 Å². The van der Waals surface area contributed by atoms with Crippen molar-refractivity contribution in [2.45, 2.75) is 25.0 Å². The van der Waals surface area contributed by atoms with Gasteiger partial charge in [-0.15, -0.1) is 0 Å². The Hall–Kier alpha value is -2.48. The van der Waals surface area contributed by atoms with Crippen LogP contribution in [0, 0.1) is 5.82 Å². The van der Waals surface area contributed by atoms with Gasteiger partial charge in [0.05, 0.1) is 24.3 Å². The number of hydrogen-bond donors (Lipinski definition) is 3. The number of rotatable bonds is 6. The van der Waals surface area contributed by atoms with Crippen LogP contribution in [0.1, 0.15) is 22.3 Å². The number of carbonyl (C=O) groups is 1. The molecule has 27 heavy (non-hydrogen) atoms. The molecule has 0 aliphatic carbocycles. The minimum atomic E-state index is -0.711. The monoisotopic (exact) mass is 374 g/mol. The van der Waals surface area contributed by atoms with Crippen LogP contribution in [0.4, 0.5) is 4.39 Å². The molecule has 1 saturated heterocycles. The van der Waals surface area contributed by atoms with Gasteiger partial charge in [0.25, 0.3) is 5.91 Å². The van der Waals surface area contributed by atoms with Crippen molar-refractivity contribution in [3.8, 4) is 11.5 Å². The zero-order valence-electron chi connectivity index (χ0n) is 14.9. The second-order valence-corrected chi connectivity index (χ2v) is 6.44. The van der Waals surface area contributed by atoms with E-state index in [9.17, 15) is 14.3 Å². The minimum absolute atomic E-state index is 0.148. The molecule has 0 aromatic heterocycles. The molecule has 0 radical (unpaired) electrons. The van der Waals surface area contributed by atoms with Gasteiger partial charge >= 0.3 is 0 Å². The Morgan fingerprint density at radius 3 is 2.70 bits per heavy atom. The first kappa shape index (κ1) is 19.3. The maximum atomic E-state index is 14.1. The van der Waals surface area contributed by atoms with E-state index in [4.69, 9.17) is 15.2 Å². The number of nitrogens with two attached hydrogens (primary N) is 1. The van der Waals surface area contributed by atoms with Crippen LogP contribution >= 0.6 is 0 Å². The summed E-state index contributed by atoms with van der Waals surface area (Å²) in [7, 11) is 0. The molecular weight excluding hydrogens is 351 g/mol. The smallest absolute Gasteiger partial charge is 0.254 e. The second kappa shape index (κ2) is 8.94. The SMILES string of the molecule is NCCc1ccc(Oc2ccc(F)c(C(=O)N[C@@H]3COCC[C@H]3O)c2)cc1. The molecule has 0 unspecified atom stereocenters. The first-order valence-corrected chi connectivity index (χ1v) is 8.90. The van der Waals surface area contributed by atoms with Gasteiger partial charge in [0.1, 0.15) is 17.3 Å². The topological polar surface area (TPSA) is 93.8 Å². The molecular formula is C20H23FN2O4. The maximum Gasteiger partial charge on any atom is 0.254 e. The van der Waals surface area contributed by atoms with E-state index in [-0.39, 0.29) is 12.2 Å². The number of benzene rings is 2. The largest absolute Gasteiger partial charge is 0.457 e. The molecule has 1 heterocycles. The van der Waals surface area contributed by atoms with E-state index >= 15 is 0 Å². The summed E-state index contributed by atoms with van der Waals surface area (Å²) in [5.74, 6) is -0.367. The highest BCUT2D eigenvalue weighted by molar-refractivity contribution is 5.95. The summed E-state index contributed by atoms with van der Waals surface area (Å²) in [4.78, 5) is 12.4. The van der Waals surface area contributed by atoms with Gasteiger partial charge in [0, 0.05) is 6.61 Å². The van der Waals surface area contributed by atoms with E-state index in [0.717, 1.165) is 12.0 Å². The molecule has 2 aromatic carbocycles. The van der Waals surface area contributed by atoms with Gasteiger partial charge in [-0.1, -0.05) is 12.1 Å². The van der Waals surface area contributed by atoms with E-state index in [0.29, 0.717) is 31.1 Å². The van der Waals surface area contributed by atoms with Crippen LogP contribution in [-0.4, -0.2) is 42.9 Å². The van der Waals surface area contributed by atoms with Gasteiger partial charge in [0.15, 0.2) is 0 Å². The fourth-order valence-electron chi connectivity index (χ4n) is 2.88. The van der Waals surface area contributed by atoms with Crippen molar-refractivity contribution in [2.24, 2.45) is 5.73 Å². The molecule has 7 heteroatoms. The van der Waals surface area contributed by atoms with E-state index in [1.807, 2.05) is 12.1 Å². The highest BCUT2D eigenvalue weighted by Crippen LogP contribution is 2.24. The first-order valence-electron chi connectivity index (χ1n) is 8.90. The van der Waals surface area contributed by atoms with Crippen LogP contribution < -0.4 is 15.8 Å². The Balaban J connectivity index is 1.70. The summed E-state index contributed by atoms with van der Waals surface area (Å²) in [5.41, 5.74) is 6.48. The molecule has 0 bridgehead atoms. The van der Waals surface area contributed by atoms with Gasteiger partial charge in [-0.25, -0.2) is 4.39 Å². The van der Waals surface area contributed by atoms with Gasteiger partial charge in [0.2, 0.25) is 0 Å². The molecule has 3 rings (SSSR count). The normalized spacial score (nSPS) is 19.5. The number of amides is 1. The van der Waals surface area contributed by atoms with Gasteiger partial charge in [-0.2, -0.15) is 0 Å². The van der Waals surface area contributed by atoms with Crippen molar-refractivity contribution in [2.75, 3.05) is 19.8 Å². The van der Waals surface area contributed by atoms with Crippen LogP contribution in [0.3, 0.4) is 0 Å². The van der Waals surface area contributed by atoms with Crippen LogP contribution in [0.15, 0.2) is 42.5 Å². The predicted octanol–water partition coefficient (Wildman–Crippen LogP) is 2.00. The Labute approximate surface area is 157 Å². The fourth-order valence-corrected chi connectivity index (χ4v) is 2.88. The Morgan fingerprint density at radius 2 is 2.00 bits per heavy atom. The molecule has 2 aromatic rings. The summed E-state index contributed by atoms with van der Waals surface area (Å²) < 4.78 is 25.1. The molecule has 1 aliphatic rings. The Kier molecular flexibility index (Phi) is 6.39. The summed E-state index contributed by atoms with van der Waals surface area (Å²) in [6.07, 6.45) is 0.492. The highest BCUT2D eigenvalue weighted by Gasteiger charge is 2.26. The van der Waals surface area contributed by atoms with E-state index in [2.05, 4.69) is 5.32 Å². The molecule has 0 saturated carbocycles. The second-order valence-electron chi connectivity index (χ2n) is 6.44. The standard InChI is InChI=1S/C20H23FN2O4/c21-17-6-5-15(27-14-3-1-13(2-4-14)7-9-22)11-16(17)20(25)23-18-12-26-10-8-19(18)24/h1-6,11,18-19,24H,7-10,12,22H2,(H,23,25)/t18-,19-/m1/s1. The quantitative estimate of drug-likeness (QED) is 0.719. The van der Waals surface area contributed by atoms with Gasteiger partial charge in [-0.05, 0) is 55.3 Å². The van der Waals surface area contributed by atoms with Crippen molar-refractivity contribution < 1.29 is 23.8 Å². The third-order valence-corrected chi connectivity index (χ3v) is 4.41. The summed E-state index contributed by atoms with van der Waals surface area (Å²) >= 11 is 0. The predicted molar refractivity (Wildman–Crippen MR) is 98.4 cm³/mol. The molecule has 4 N–H and O–H groups in total. The lowest BCUT2D eigenvalue weighted by Crippen LogP contribution is -2.49. The number of aliphatic hydroxyl groups is 1. The lowest BCUT2D eigenvalue weighted by atomic mass is 10.1. The fraction of sp³-hybridized carbons (Fsp3) is 0.350. The van der Waals surface area contributed by atoms with E-state index in [1.165, 1.54) is 18.2 Å². The number of nitrogens with one attached hydrogen (secondary N) is 1. The van der Waals surface area contributed by atoms with Crippen LogP contribution in [0.2, 0.25) is 0 Å². The summed E-state index contributed by atoms with van der Waals surface area (Å²) in [6, 6.07) is 10.8. The number of aliphatic hydroxyl groups excluding tert-OH is 1. The Bertz CT molecular complexity index is 782. The van der Waals surface area contributed by atoms with Crippen LogP contribution in [0.5, 0.6) is 11.5 Å². The van der Waals surface area contributed by atoms with Crippen molar-refractivity contribution in [1.29, 1.82) is 0 Å². The average Bonchev–Trinajstić information content (AvgIpc) is 2.67. The molecule has 1 aliphatic heterocycles. The number of ether oxygens (including phenoxy) is 2. The van der Waals surface area contributed by atoms with Crippen molar-refractivity contribution in [3.63, 3.8) is 0 Å². The number of carbonyl (C=O) groups excluding carboxylic acids is 1. The van der Waals surface area contributed by atoms with Gasteiger partial charge < -0.3 is 25.6 Å². The van der Waals surface area contributed by atoms with E-state index in [1.54, 1.807) is 12.1 Å². The maximum absolute atomic E-state index is 14.1. The van der Waals surface area contributed by atoms with Gasteiger partial charge in [-0.3, -0.25) is 4.79 Å². The third kappa shape index (κ3) is 5.03. The van der Waals surface area contributed by atoms with Crippen LogP contribution in [0.25, 0.3) is 0 Å². The average molecular weight is 374 g/mol. The van der Waals surface area contributed by atoms with Crippen LogP contribution in [-0.2, 0) is 11.2 Å². The zero-order chi connectivity index (χ0) is 19.2.